The van der Waals surface area contributed by atoms with Gasteiger partial charge in [-0.3, -0.25) is 0 Å². The molecule has 20 heavy (non-hydrogen) atoms. The normalized spacial score (nSPS) is 20.1. The summed E-state index contributed by atoms with van der Waals surface area (Å²) in [5, 5.41) is 3.28. The maximum atomic E-state index is 13.6. The zero-order valence-corrected chi connectivity index (χ0v) is 13.5. The zero-order chi connectivity index (χ0) is 14.5. The molecule has 1 aliphatic heterocycles. The molecular formula is C15H21BrFNO2. The molecule has 1 heterocycles. The number of benzene rings is 1. The molecule has 0 saturated carbocycles. The highest BCUT2D eigenvalue weighted by Gasteiger charge is 2.21. The molecule has 1 saturated heterocycles. The van der Waals surface area contributed by atoms with Crippen LogP contribution in [0.2, 0.25) is 0 Å². The summed E-state index contributed by atoms with van der Waals surface area (Å²) in [7, 11) is 3.48. The van der Waals surface area contributed by atoms with Gasteiger partial charge in [0.25, 0.3) is 0 Å². The van der Waals surface area contributed by atoms with Crippen LogP contribution in [0.15, 0.2) is 16.6 Å². The fourth-order valence-electron chi connectivity index (χ4n) is 2.67. The topological polar surface area (TPSA) is 30.5 Å². The molecule has 0 radical (unpaired) electrons. The van der Waals surface area contributed by atoms with Gasteiger partial charge in [0.2, 0.25) is 0 Å². The van der Waals surface area contributed by atoms with Gasteiger partial charge in [-0.05, 0) is 54.7 Å². The molecule has 0 aliphatic carbocycles. The lowest BCUT2D eigenvalue weighted by atomic mass is 9.98. The number of hydrogen-bond acceptors (Lipinski definition) is 3. The summed E-state index contributed by atoms with van der Waals surface area (Å²) in [4.78, 5) is 0. The quantitative estimate of drug-likeness (QED) is 0.850. The maximum absolute atomic E-state index is 13.6. The van der Waals surface area contributed by atoms with Gasteiger partial charge in [-0.25, -0.2) is 4.39 Å². The van der Waals surface area contributed by atoms with Crippen LogP contribution >= 0.6 is 15.9 Å². The van der Waals surface area contributed by atoms with Gasteiger partial charge in [0.05, 0.1) is 17.7 Å². The number of methoxy groups -OCH3 is 1. The molecule has 112 valence electrons. The van der Waals surface area contributed by atoms with E-state index in [0.717, 1.165) is 37.9 Å². The van der Waals surface area contributed by atoms with E-state index in [4.69, 9.17) is 9.47 Å². The molecule has 1 N–H and O–H groups in total. The fourth-order valence-corrected chi connectivity index (χ4v) is 3.03. The van der Waals surface area contributed by atoms with Crippen molar-refractivity contribution in [2.45, 2.75) is 37.8 Å². The molecule has 2 rings (SSSR count). The van der Waals surface area contributed by atoms with E-state index in [0.29, 0.717) is 16.3 Å². The van der Waals surface area contributed by atoms with Crippen molar-refractivity contribution in [3.05, 3.63) is 28.0 Å². The van der Waals surface area contributed by atoms with Gasteiger partial charge in [-0.15, -0.1) is 0 Å². The molecule has 1 fully saturated rings. The molecule has 1 aromatic carbocycles. The minimum atomic E-state index is -0.306. The Morgan fingerprint density at radius 1 is 1.55 bits per heavy atom. The largest absolute Gasteiger partial charge is 0.496 e. The smallest absolute Gasteiger partial charge is 0.141 e. The maximum Gasteiger partial charge on any atom is 0.141 e. The first-order chi connectivity index (χ1) is 9.65. The van der Waals surface area contributed by atoms with Crippen LogP contribution in [-0.4, -0.2) is 26.9 Å². The third kappa shape index (κ3) is 3.71. The van der Waals surface area contributed by atoms with Gasteiger partial charge in [0, 0.05) is 24.3 Å². The van der Waals surface area contributed by atoms with Crippen molar-refractivity contribution in [2.24, 2.45) is 0 Å². The monoisotopic (exact) mass is 345 g/mol. The van der Waals surface area contributed by atoms with Gasteiger partial charge < -0.3 is 14.8 Å². The Kier molecular flexibility index (Phi) is 5.81. The number of nitrogens with one attached hydrogen (secondary N) is 1. The summed E-state index contributed by atoms with van der Waals surface area (Å²) in [5.41, 5.74) is 0.973. The first kappa shape index (κ1) is 15.7. The SMILES string of the molecule is CNC(CCC1CCCO1)c1cc(Br)c(F)cc1OC. The van der Waals surface area contributed by atoms with Crippen LogP contribution < -0.4 is 10.1 Å². The summed E-state index contributed by atoms with van der Waals surface area (Å²) >= 11 is 3.24. The van der Waals surface area contributed by atoms with E-state index in [1.165, 1.54) is 6.07 Å². The molecule has 0 aromatic heterocycles. The minimum Gasteiger partial charge on any atom is -0.496 e. The minimum absolute atomic E-state index is 0.131. The van der Waals surface area contributed by atoms with Crippen molar-refractivity contribution in [3.63, 3.8) is 0 Å². The summed E-state index contributed by atoms with van der Waals surface area (Å²) in [6.07, 6.45) is 4.60. The zero-order valence-electron chi connectivity index (χ0n) is 11.9. The Morgan fingerprint density at radius 2 is 2.35 bits per heavy atom. The van der Waals surface area contributed by atoms with Crippen molar-refractivity contribution in [2.75, 3.05) is 20.8 Å². The highest BCUT2D eigenvalue weighted by Crippen LogP contribution is 2.33. The van der Waals surface area contributed by atoms with Crippen molar-refractivity contribution < 1.29 is 13.9 Å². The third-order valence-electron chi connectivity index (χ3n) is 3.80. The average Bonchev–Trinajstić information content (AvgIpc) is 2.96. The van der Waals surface area contributed by atoms with Crippen LogP contribution in [0.25, 0.3) is 0 Å². The predicted octanol–water partition coefficient (Wildman–Crippen LogP) is 3.82. The second-order valence-electron chi connectivity index (χ2n) is 5.06. The summed E-state index contributed by atoms with van der Waals surface area (Å²) in [6.45, 7) is 0.875. The Bertz CT molecular complexity index is 450. The van der Waals surface area contributed by atoms with Crippen LogP contribution in [0.4, 0.5) is 4.39 Å². The van der Waals surface area contributed by atoms with E-state index in [1.54, 1.807) is 13.2 Å². The van der Waals surface area contributed by atoms with E-state index >= 15 is 0 Å². The molecule has 1 aromatic rings. The van der Waals surface area contributed by atoms with Crippen LogP contribution in [-0.2, 0) is 4.74 Å². The molecular weight excluding hydrogens is 325 g/mol. The van der Waals surface area contributed by atoms with Gasteiger partial charge >= 0.3 is 0 Å². The first-order valence-electron chi connectivity index (χ1n) is 6.97. The summed E-state index contributed by atoms with van der Waals surface area (Å²) < 4.78 is 25.0. The lowest BCUT2D eigenvalue weighted by Crippen LogP contribution is -2.19. The van der Waals surface area contributed by atoms with Crippen molar-refractivity contribution in [1.29, 1.82) is 0 Å². The van der Waals surface area contributed by atoms with Gasteiger partial charge in [-0.1, -0.05) is 0 Å². The Labute approximate surface area is 128 Å². The van der Waals surface area contributed by atoms with Crippen LogP contribution in [0.5, 0.6) is 5.75 Å². The van der Waals surface area contributed by atoms with Gasteiger partial charge in [0.1, 0.15) is 11.6 Å². The lowest BCUT2D eigenvalue weighted by molar-refractivity contribution is 0.0997. The van der Waals surface area contributed by atoms with Gasteiger partial charge in [-0.2, -0.15) is 0 Å². The first-order valence-corrected chi connectivity index (χ1v) is 7.76. The number of halogens is 2. The van der Waals surface area contributed by atoms with E-state index in [9.17, 15) is 4.39 Å². The fraction of sp³-hybridized carbons (Fsp3) is 0.600. The van der Waals surface area contributed by atoms with Crippen LogP contribution in [0.1, 0.15) is 37.3 Å². The lowest BCUT2D eigenvalue weighted by Gasteiger charge is -2.21. The molecule has 0 bridgehead atoms. The summed E-state index contributed by atoms with van der Waals surface area (Å²) in [6, 6.07) is 3.35. The van der Waals surface area contributed by atoms with Crippen molar-refractivity contribution in [1.82, 2.24) is 5.32 Å². The van der Waals surface area contributed by atoms with E-state index in [-0.39, 0.29) is 11.9 Å². The molecule has 2 unspecified atom stereocenters. The standard InChI is InChI=1S/C15H21BrFNO2/c1-18-14(6-5-10-4-3-7-20-10)11-8-12(16)13(17)9-15(11)19-2/h8-10,14,18H,3-7H2,1-2H3. The molecule has 5 heteroatoms. The molecule has 2 atom stereocenters. The number of hydrogen-bond donors (Lipinski definition) is 1. The van der Waals surface area contributed by atoms with E-state index in [1.807, 2.05) is 7.05 Å². The molecule has 1 aliphatic rings. The number of ether oxygens (including phenoxy) is 2. The Hall–Kier alpha value is -0.650. The van der Waals surface area contributed by atoms with Crippen LogP contribution in [0.3, 0.4) is 0 Å². The van der Waals surface area contributed by atoms with Crippen molar-refractivity contribution in [3.8, 4) is 5.75 Å². The molecule has 0 amide bonds. The van der Waals surface area contributed by atoms with E-state index in [2.05, 4.69) is 21.2 Å². The Morgan fingerprint density at radius 3 is 2.95 bits per heavy atom. The molecule has 0 spiro atoms. The Balaban J connectivity index is 2.11. The second kappa shape index (κ2) is 7.38. The highest BCUT2D eigenvalue weighted by molar-refractivity contribution is 9.10. The van der Waals surface area contributed by atoms with Crippen molar-refractivity contribution >= 4 is 15.9 Å². The van der Waals surface area contributed by atoms with Crippen LogP contribution in [0, 0.1) is 5.82 Å². The van der Waals surface area contributed by atoms with Gasteiger partial charge in [0.15, 0.2) is 0 Å². The molecule has 3 nitrogen and oxygen atoms in total. The van der Waals surface area contributed by atoms with E-state index < -0.39 is 0 Å². The third-order valence-corrected chi connectivity index (χ3v) is 4.41. The summed E-state index contributed by atoms with van der Waals surface area (Å²) in [5.74, 6) is 0.275. The number of rotatable bonds is 6. The predicted molar refractivity (Wildman–Crippen MR) is 80.7 cm³/mol. The average molecular weight is 346 g/mol. The second-order valence-corrected chi connectivity index (χ2v) is 5.92. The highest BCUT2D eigenvalue weighted by atomic mass is 79.9.